The number of benzene rings is 1. The molecule has 0 aliphatic carbocycles. The average molecular weight is 423 g/mol. The number of rotatable bonds is 8. The van der Waals surface area contributed by atoms with E-state index in [1.54, 1.807) is 21.3 Å². The van der Waals surface area contributed by atoms with Crippen LogP contribution in [0, 0.1) is 0 Å². The Labute approximate surface area is 149 Å². The van der Waals surface area contributed by atoms with E-state index in [9.17, 15) is 0 Å². The van der Waals surface area contributed by atoms with Crippen molar-refractivity contribution in [3.05, 3.63) is 18.2 Å². The van der Waals surface area contributed by atoms with Gasteiger partial charge in [-0.1, -0.05) is 0 Å². The van der Waals surface area contributed by atoms with Crippen molar-refractivity contribution in [2.75, 3.05) is 46.3 Å². The lowest BCUT2D eigenvalue weighted by Gasteiger charge is -2.14. The van der Waals surface area contributed by atoms with Crippen LogP contribution in [0.25, 0.3) is 0 Å². The van der Waals surface area contributed by atoms with Gasteiger partial charge in [0, 0.05) is 38.6 Å². The average Bonchev–Trinajstić information content (AvgIpc) is 2.53. The second-order valence-corrected chi connectivity index (χ2v) is 4.24. The van der Waals surface area contributed by atoms with Gasteiger partial charge >= 0.3 is 0 Å². The van der Waals surface area contributed by atoms with Gasteiger partial charge in [0.25, 0.3) is 0 Å². The third-order valence-corrected chi connectivity index (χ3v) is 2.83. The van der Waals surface area contributed by atoms with Crippen molar-refractivity contribution in [2.24, 2.45) is 4.99 Å². The second-order valence-electron chi connectivity index (χ2n) is 4.24. The monoisotopic (exact) mass is 423 g/mol. The van der Waals surface area contributed by atoms with Gasteiger partial charge in [0.15, 0.2) is 17.5 Å². The molecule has 6 nitrogen and oxygen atoms in total. The van der Waals surface area contributed by atoms with Crippen molar-refractivity contribution < 1.29 is 14.2 Å². The molecule has 0 amide bonds. The molecule has 0 radical (unpaired) electrons. The molecule has 0 saturated carbocycles. The zero-order chi connectivity index (χ0) is 15.5. The lowest BCUT2D eigenvalue weighted by Crippen LogP contribution is -2.31. The van der Waals surface area contributed by atoms with Crippen LogP contribution in [0.15, 0.2) is 23.2 Å². The Morgan fingerprint density at radius 1 is 1.18 bits per heavy atom. The number of methoxy groups -OCH3 is 2. The Kier molecular flexibility index (Phi) is 11.7. The van der Waals surface area contributed by atoms with Crippen molar-refractivity contribution in [1.82, 2.24) is 5.32 Å². The fourth-order valence-electron chi connectivity index (χ4n) is 1.76. The van der Waals surface area contributed by atoms with E-state index in [0.717, 1.165) is 31.9 Å². The molecule has 0 spiro atoms. The molecule has 7 heteroatoms. The lowest BCUT2D eigenvalue weighted by molar-refractivity contribution is 0.146. The van der Waals surface area contributed by atoms with Crippen molar-refractivity contribution in [1.29, 1.82) is 0 Å². The summed E-state index contributed by atoms with van der Waals surface area (Å²) in [5.74, 6) is 2.08. The zero-order valence-corrected chi connectivity index (χ0v) is 16.0. The smallest absolute Gasteiger partial charge is 0.195 e. The van der Waals surface area contributed by atoms with Crippen molar-refractivity contribution >= 4 is 35.6 Å². The summed E-state index contributed by atoms with van der Waals surface area (Å²) in [6, 6.07) is 5.63. The molecule has 0 saturated heterocycles. The van der Waals surface area contributed by atoms with Crippen LogP contribution < -0.4 is 20.1 Å². The van der Waals surface area contributed by atoms with Gasteiger partial charge in [0.05, 0.1) is 14.2 Å². The number of guanidine groups is 1. The third kappa shape index (κ3) is 7.17. The third-order valence-electron chi connectivity index (χ3n) is 2.83. The Balaban J connectivity index is 0.00000441. The maximum atomic E-state index is 5.29. The van der Waals surface area contributed by atoms with E-state index in [-0.39, 0.29) is 24.0 Å². The SMILES string of the molecule is CCOCCCNC(=NC)Nc1ccc(OC)c(OC)c1.I. The number of hydrogen-bond donors (Lipinski definition) is 2. The van der Waals surface area contributed by atoms with Gasteiger partial charge in [-0.3, -0.25) is 4.99 Å². The molecule has 0 aromatic heterocycles. The first-order chi connectivity index (χ1) is 10.2. The van der Waals surface area contributed by atoms with Gasteiger partial charge in [0.1, 0.15) is 0 Å². The Bertz CT molecular complexity index is 456. The highest BCUT2D eigenvalue weighted by atomic mass is 127. The maximum absolute atomic E-state index is 5.29. The van der Waals surface area contributed by atoms with Crippen molar-refractivity contribution in [3.8, 4) is 11.5 Å². The van der Waals surface area contributed by atoms with Crippen LogP contribution >= 0.6 is 24.0 Å². The number of anilines is 1. The molecule has 0 bridgehead atoms. The van der Waals surface area contributed by atoms with Crippen LogP contribution in [-0.2, 0) is 4.74 Å². The van der Waals surface area contributed by atoms with Crippen molar-refractivity contribution in [2.45, 2.75) is 13.3 Å². The fraction of sp³-hybridized carbons (Fsp3) is 0.533. The van der Waals surface area contributed by atoms with Gasteiger partial charge < -0.3 is 24.8 Å². The van der Waals surface area contributed by atoms with Crippen LogP contribution in [0.2, 0.25) is 0 Å². The molecule has 2 N–H and O–H groups in total. The highest BCUT2D eigenvalue weighted by Crippen LogP contribution is 2.29. The van der Waals surface area contributed by atoms with Crippen LogP contribution in [-0.4, -0.2) is 47.0 Å². The molecule has 0 unspecified atom stereocenters. The highest BCUT2D eigenvalue weighted by molar-refractivity contribution is 14.0. The van der Waals surface area contributed by atoms with E-state index in [1.165, 1.54) is 0 Å². The first kappa shape index (κ1) is 20.8. The summed E-state index contributed by atoms with van der Waals surface area (Å²) in [6.07, 6.45) is 0.931. The van der Waals surface area contributed by atoms with Gasteiger partial charge in [-0.2, -0.15) is 0 Å². The van der Waals surface area contributed by atoms with Crippen LogP contribution in [0.3, 0.4) is 0 Å². The number of halogens is 1. The van der Waals surface area contributed by atoms with E-state index in [1.807, 2.05) is 25.1 Å². The van der Waals surface area contributed by atoms with Crippen LogP contribution in [0.1, 0.15) is 13.3 Å². The molecular weight excluding hydrogens is 397 g/mol. The molecule has 1 aromatic carbocycles. The zero-order valence-electron chi connectivity index (χ0n) is 13.6. The lowest BCUT2D eigenvalue weighted by atomic mass is 10.3. The maximum Gasteiger partial charge on any atom is 0.195 e. The Morgan fingerprint density at radius 2 is 1.91 bits per heavy atom. The number of aliphatic imine (C=N–C) groups is 1. The van der Waals surface area contributed by atoms with E-state index < -0.39 is 0 Å². The summed E-state index contributed by atoms with van der Waals surface area (Å²) in [7, 11) is 4.96. The summed E-state index contributed by atoms with van der Waals surface area (Å²) in [4.78, 5) is 4.18. The summed E-state index contributed by atoms with van der Waals surface area (Å²) in [5, 5.41) is 6.44. The minimum atomic E-state index is 0. The number of nitrogens with one attached hydrogen (secondary N) is 2. The van der Waals surface area contributed by atoms with Gasteiger partial charge in [-0.25, -0.2) is 0 Å². The molecular formula is C15H26IN3O3. The summed E-state index contributed by atoms with van der Waals surface area (Å²) in [5.41, 5.74) is 0.880. The number of hydrogen-bond acceptors (Lipinski definition) is 4. The minimum Gasteiger partial charge on any atom is -0.493 e. The fourth-order valence-corrected chi connectivity index (χ4v) is 1.76. The topological polar surface area (TPSA) is 64.1 Å². The largest absolute Gasteiger partial charge is 0.493 e. The molecule has 1 rings (SSSR count). The van der Waals surface area contributed by atoms with Gasteiger partial charge in [0.2, 0.25) is 0 Å². The molecule has 22 heavy (non-hydrogen) atoms. The van der Waals surface area contributed by atoms with Crippen LogP contribution in [0.5, 0.6) is 11.5 Å². The van der Waals surface area contributed by atoms with Crippen LogP contribution in [0.4, 0.5) is 5.69 Å². The molecule has 0 aliphatic heterocycles. The van der Waals surface area contributed by atoms with Gasteiger partial charge in [-0.15, -0.1) is 24.0 Å². The molecule has 1 aromatic rings. The normalized spacial score (nSPS) is 10.6. The first-order valence-corrected chi connectivity index (χ1v) is 7.02. The molecule has 126 valence electrons. The van der Waals surface area contributed by atoms with Gasteiger partial charge in [-0.05, 0) is 25.5 Å². The Hall–Kier alpha value is -1.22. The summed E-state index contributed by atoms with van der Waals surface area (Å²) < 4.78 is 15.8. The standard InChI is InChI=1S/C15H25N3O3.HI/c1-5-21-10-6-9-17-15(16-2)18-12-7-8-13(19-3)14(11-12)20-4;/h7-8,11H,5-6,9-10H2,1-4H3,(H2,16,17,18);1H. The minimum absolute atomic E-state index is 0. The first-order valence-electron chi connectivity index (χ1n) is 7.02. The number of nitrogens with zero attached hydrogens (tertiary/aromatic N) is 1. The van der Waals surface area contributed by atoms with E-state index >= 15 is 0 Å². The molecule has 0 aliphatic rings. The highest BCUT2D eigenvalue weighted by Gasteiger charge is 2.05. The molecule has 0 heterocycles. The van der Waals surface area contributed by atoms with Crippen molar-refractivity contribution in [3.63, 3.8) is 0 Å². The van der Waals surface area contributed by atoms with E-state index in [2.05, 4.69) is 15.6 Å². The summed E-state index contributed by atoms with van der Waals surface area (Å²) >= 11 is 0. The van der Waals surface area contributed by atoms with E-state index in [0.29, 0.717) is 17.5 Å². The molecule has 0 fully saturated rings. The quantitative estimate of drug-likeness (QED) is 0.292. The molecule has 0 atom stereocenters. The summed E-state index contributed by atoms with van der Waals surface area (Å²) in [6.45, 7) is 4.29. The number of ether oxygens (including phenoxy) is 3. The predicted molar refractivity (Wildman–Crippen MR) is 101 cm³/mol. The van der Waals surface area contributed by atoms with E-state index in [4.69, 9.17) is 14.2 Å². The second kappa shape index (κ2) is 12.3. The predicted octanol–water partition coefficient (Wildman–Crippen LogP) is 2.74. The Morgan fingerprint density at radius 3 is 2.50 bits per heavy atom.